The number of aromatic nitrogens is 1. The molecule has 1 N–H and O–H groups in total. The van der Waals surface area contributed by atoms with Gasteiger partial charge in [0.25, 0.3) is 0 Å². The molecule has 16 heavy (non-hydrogen) atoms. The number of hydrogen-bond donors (Lipinski definition) is 1. The third-order valence-corrected chi connectivity index (χ3v) is 2.83. The zero-order valence-electron chi connectivity index (χ0n) is 10.3. The van der Waals surface area contributed by atoms with E-state index in [-0.39, 0.29) is 0 Å². The van der Waals surface area contributed by atoms with Crippen LogP contribution in [0.2, 0.25) is 0 Å². The summed E-state index contributed by atoms with van der Waals surface area (Å²) in [6.45, 7) is 8.45. The zero-order valence-corrected chi connectivity index (χ0v) is 10.3. The molecule has 84 valence electrons. The van der Waals surface area contributed by atoms with Gasteiger partial charge in [-0.05, 0) is 38.6 Å². The lowest BCUT2D eigenvalue weighted by atomic mass is 10.1. The molecule has 0 radical (unpaired) electrons. The molecule has 1 heterocycles. The molecular weight excluding hydrogens is 196 g/mol. The van der Waals surface area contributed by atoms with Crippen LogP contribution in [0.5, 0.6) is 0 Å². The van der Waals surface area contributed by atoms with Gasteiger partial charge in [0.15, 0.2) is 0 Å². The molecular formula is C14H18N2. The highest BCUT2D eigenvalue weighted by Crippen LogP contribution is 2.26. The van der Waals surface area contributed by atoms with Gasteiger partial charge in [0.05, 0.1) is 0 Å². The molecule has 0 aliphatic heterocycles. The van der Waals surface area contributed by atoms with Gasteiger partial charge in [0, 0.05) is 17.1 Å². The van der Waals surface area contributed by atoms with Crippen LogP contribution in [0, 0.1) is 13.8 Å². The van der Waals surface area contributed by atoms with Crippen LogP contribution in [0.4, 0.5) is 5.82 Å². The van der Waals surface area contributed by atoms with Crippen LogP contribution >= 0.6 is 0 Å². The van der Waals surface area contributed by atoms with Gasteiger partial charge in [-0.25, -0.2) is 4.98 Å². The molecule has 0 spiro atoms. The Labute approximate surface area is 96.7 Å². The molecule has 2 aromatic rings. The summed E-state index contributed by atoms with van der Waals surface area (Å²) in [4.78, 5) is 4.63. The molecule has 0 amide bonds. The second-order valence-electron chi connectivity index (χ2n) is 4.52. The van der Waals surface area contributed by atoms with Crippen molar-refractivity contribution in [2.24, 2.45) is 0 Å². The molecule has 0 atom stereocenters. The van der Waals surface area contributed by atoms with E-state index in [0.29, 0.717) is 6.04 Å². The molecule has 0 saturated carbocycles. The number of fused-ring (bicyclic) bond motifs is 1. The van der Waals surface area contributed by atoms with Crippen LogP contribution in [0.15, 0.2) is 24.3 Å². The lowest BCUT2D eigenvalue weighted by molar-refractivity contribution is 0.889. The summed E-state index contributed by atoms with van der Waals surface area (Å²) in [5.41, 5.74) is 2.37. The number of pyridine rings is 1. The van der Waals surface area contributed by atoms with E-state index >= 15 is 0 Å². The highest BCUT2D eigenvalue weighted by atomic mass is 15.0. The van der Waals surface area contributed by atoms with Crippen molar-refractivity contribution in [2.45, 2.75) is 33.7 Å². The lowest BCUT2D eigenvalue weighted by Gasteiger charge is -2.14. The number of nitrogens with one attached hydrogen (secondary N) is 1. The summed E-state index contributed by atoms with van der Waals surface area (Å²) < 4.78 is 0. The van der Waals surface area contributed by atoms with Crippen LogP contribution in [0.25, 0.3) is 10.8 Å². The first-order chi connectivity index (χ1) is 7.59. The Morgan fingerprint density at radius 1 is 1.06 bits per heavy atom. The standard InChI is InChI=1S/C14H18N2/c1-9(2)15-14-13-8-6-5-7-12(13)10(3)11(4)16-14/h5-9H,1-4H3,(H,15,16). The number of hydrogen-bond acceptors (Lipinski definition) is 2. The van der Waals surface area contributed by atoms with Crippen LogP contribution in [0.3, 0.4) is 0 Å². The zero-order chi connectivity index (χ0) is 11.7. The molecule has 2 nitrogen and oxygen atoms in total. The van der Waals surface area contributed by atoms with Gasteiger partial charge < -0.3 is 5.32 Å². The van der Waals surface area contributed by atoms with E-state index in [1.165, 1.54) is 16.3 Å². The minimum atomic E-state index is 0.401. The SMILES string of the molecule is Cc1nc(NC(C)C)c2ccccc2c1C. The van der Waals surface area contributed by atoms with Crippen LogP contribution in [0.1, 0.15) is 25.1 Å². The van der Waals surface area contributed by atoms with Gasteiger partial charge in [-0.3, -0.25) is 0 Å². The Kier molecular flexibility index (Phi) is 2.82. The summed E-state index contributed by atoms with van der Waals surface area (Å²) in [6, 6.07) is 8.82. The van der Waals surface area contributed by atoms with Crippen molar-refractivity contribution in [1.29, 1.82) is 0 Å². The third-order valence-electron chi connectivity index (χ3n) is 2.83. The topological polar surface area (TPSA) is 24.9 Å². The van der Waals surface area contributed by atoms with E-state index in [4.69, 9.17) is 0 Å². The summed E-state index contributed by atoms with van der Waals surface area (Å²) in [5, 5.41) is 5.90. The van der Waals surface area contributed by atoms with Crippen molar-refractivity contribution in [1.82, 2.24) is 4.98 Å². The smallest absolute Gasteiger partial charge is 0.134 e. The van der Waals surface area contributed by atoms with Crippen LogP contribution < -0.4 is 5.32 Å². The maximum absolute atomic E-state index is 4.63. The number of nitrogens with zero attached hydrogens (tertiary/aromatic N) is 1. The monoisotopic (exact) mass is 214 g/mol. The average Bonchev–Trinajstić information content (AvgIpc) is 2.25. The van der Waals surface area contributed by atoms with E-state index in [1.807, 2.05) is 0 Å². The summed E-state index contributed by atoms with van der Waals surface area (Å²) in [7, 11) is 0. The Morgan fingerprint density at radius 2 is 1.69 bits per heavy atom. The number of benzene rings is 1. The van der Waals surface area contributed by atoms with Crippen molar-refractivity contribution < 1.29 is 0 Å². The summed E-state index contributed by atoms with van der Waals surface area (Å²) in [6.07, 6.45) is 0. The second kappa shape index (κ2) is 4.12. The first-order valence-electron chi connectivity index (χ1n) is 5.72. The molecule has 0 fully saturated rings. The van der Waals surface area contributed by atoms with Crippen molar-refractivity contribution in [3.63, 3.8) is 0 Å². The Balaban J connectivity index is 2.69. The van der Waals surface area contributed by atoms with Crippen molar-refractivity contribution in [3.05, 3.63) is 35.5 Å². The number of rotatable bonds is 2. The minimum Gasteiger partial charge on any atom is -0.367 e. The largest absolute Gasteiger partial charge is 0.367 e. The van der Waals surface area contributed by atoms with E-state index in [1.54, 1.807) is 0 Å². The molecule has 2 heteroatoms. The molecule has 1 aromatic heterocycles. The van der Waals surface area contributed by atoms with Gasteiger partial charge in [-0.2, -0.15) is 0 Å². The molecule has 0 unspecified atom stereocenters. The van der Waals surface area contributed by atoms with Gasteiger partial charge in [0.1, 0.15) is 5.82 Å². The Bertz CT molecular complexity index is 515. The van der Waals surface area contributed by atoms with Gasteiger partial charge in [0.2, 0.25) is 0 Å². The molecule has 0 saturated heterocycles. The number of anilines is 1. The Morgan fingerprint density at radius 3 is 2.31 bits per heavy atom. The maximum atomic E-state index is 4.63. The summed E-state index contributed by atoms with van der Waals surface area (Å²) >= 11 is 0. The average molecular weight is 214 g/mol. The highest BCUT2D eigenvalue weighted by molar-refractivity contribution is 5.94. The molecule has 0 aliphatic carbocycles. The lowest BCUT2D eigenvalue weighted by Crippen LogP contribution is -2.12. The first kappa shape index (κ1) is 10.9. The van der Waals surface area contributed by atoms with E-state index in [0.717, 1.165) is 11.5 Å². The predicted octanol–water partition coefficient (Wildman–Crippen LogP) is 3.67. The van der Waals surface area contributed by atoms with Gasteiger partial charge in [-0.15, -0.1) is 0 Å². The second-order valence-corrected chi connectivity index (χ2v) is 4.52. The maximum Gasteiger partial charge on any atom is 0.134 e. The summed E-state index contributed by atoms with van der Waals surface area (Å²) in [5.74, 6) is 0.994. The third kappa shape index (κ3) is 1.87. The minimum absolute atomic E-state index is 0.401. The fourth-order valence-corrected chi connectivity index (χ4v) is 1.91. The molecule has 0 bridgehead atoms. The van der Waals surface area contributed by atoms with E-state index in [9.17, 15) is 0 Å². The first-order valence-corrected chi connectivity index (χ1v) is 5.72. The molecule has 1 aromatic carbocycles. The fraction of sp³-hybridized carbons (Fsp3) is 0.357. The molecule has 0 aliphatic rings. The van der Waals surface area contributed by atoms with E-state index < -0.39 is 0 Å². The van der Waals surface area contributed by atoms with E-state index in [2.05, 4.69) is 62.3 Å². The van der Waals surface area contributed by atoms with Gasteiger partial charge in [-0.1, -0.05) is 24.3 Å². The van der Waals surface area contributed by atoms with Gasteiger partial charge >= 0.3 is 0 Å². The highest BCUT2D eigenvalue weighted by Gasteiger charge is 2.08. The van der Waals surface area contributed by atoms with Crippen molar-refractivity contribution in [3.8, 4) is 0 Å². The normalized spacial score (nSPS) is 11.1. The fourth-order valence-electron chi connectivity index (χ4n) is 1.91. The predicted molar refractivity (Wildman–Crippen MR) is 70.0 cm³/mol. The Hall–Kier alpha value is -1.57. The van der Waals surface area contributed by atoms with Crippen molar-refractivity contribution in [2.75, 3.05) is 5.32 Å². The van der Waals surface area contributed by atoms with Crippen LogP contribution in [-0.4, -0.2) is 11.0 Å². The number of aryl methyl sites for hydroxylation is 2. The molecule has 2 rings (SSSR count). The van der Waals surface area contributed by atoms with Crippen LogP contribution in [-0.2, 0) is 0 Å². The quantitative estimate of drug-likeness (QED) is 0.825. The van der Waals surface area contributed by atoms with Crippen molar-refractivity contribution >= 4 is 16.6 Å².